The van der Waals surface area contributed by atoms with Crippen LogP contribution in [0.5, 0.6) is 0 Å². The van der Waals surface area contributed by atoms with E-state index in [1.807, 2.05) is 24.3 Å². The van der Waals surface area contributed by atoms with Crippen LogP contribution >= 0.6 is 23.2 Å². The standard InChI is InChI=1S/C20H16Cl2N2O4/c1-28-20(27)17-6-11-4-2-3-5-12(11)9-23(17)10-24-18(25)13-7-15(21)16(22)8-14(13)19(24)26/h2-5,7-8,17H,6,9-10H2,1H3/t17-/m1/s1. The van der Waals surface area contributed by atoms with Crippen LogP contribution in [0.1, 0.15) is 31.8 Å². The van der Waals surface area contributed by atoms with Crippen LogP contribution in [0.3, 0.4) is 0 Å². The summed E-state index contributed by atoms with van der Waals surface area (Å²) in [5.41, 5.74) is 2.53. The number of rotatable bonds is 3. The van der Waals surface area contributed by atoms with Gasteiger partial charge in [0.2, 0.25) is 0 Å². The number of carbonyl (C=O) groups is 3. The molecule has 144 valence electrons. The molecule has 0 aromatic heterocycles. The van der Waals surface area contributed by atoms with Gasteiger partial charge in [-0.05, 0) is 29.7 Å². The summed E-state index contributed by atoms with van der Waals surface area (Å²) >= 11 is 12.0. The zero-order chi connectivity index (χ0) is 20.0. The lowest BCUT2D eigenvalue weighted by Gasteiger charge is -2.36. The fourth-order valence-corrected chi connectivity index (χ4v) is 4.02. The highest BCUT2D eigenvalue weighted by Gasteiger charge is 2.40. The van der Waals surface area contributed by atoms with Crippen molar-refractivity contribution >= 4 is 41.0 Å². The van der Waals surface area contributed by atoms with Crippen LogP contribution < -0.4 is 0 Å². The average Bonchev–Trinajstić information content (AvgIpc) is 2.91. The minimum absolute atomic E-state index is 0.0321. The lowest BCUT2D eigenvalue weighted by atomic mass is 9.94. The van der Waals surface area contributed by atoms with E-state index in [4.69, 9.17) is 27.9 Å². The molecule has 8 heteroatoms. The van der Waals surface area contributed by atoms with Gasteiger partial charge in [0.1, 0.15) is 6.04 Å². The fourth-order valence-electron chi connectivity index (χ4n) is 3.69. The van der Waals surface area contributed by atoms with Crippen molar-refractivity contribution in [2.45, 2.75) is 19.0 Å². The summed E-state index contributed by atoms with van der Waals surface area (Å²) < 4.78 is 4.94. The van der Waals surface area contributed by atoms with Crippen molar-refractivity contribution in [2.24, 2.45) is 0 Å². The van der Waals surface area contributed by atoms with Crippen molar-refractivity contribution in [2.75, 3.05) is 13.8 Å². The Morgan fingerprint density at radius 3 is 2.21 bits per heavy atom. The molecule has 2 aliphatic rings. The molecule has 0 unspecified atom stereocenters. The summed E-state index contributed by atoms with van der Waals surface area (Å²) in [7, 11) is 1.33. The Bertz CT molecular complexity index is 967. The first kappa shape index (κ1) is 18.9. The Balaban J connectivity index is 1.65. The zero-order valence-electron chi connectivity index (χ0n) is 14.9. The van der Waals surface area contributed by atoms with E-state index in [-0.39, 0.29) is 27.8 Å². The quantitative estimate of drug-likeness (QED) is 0.565. The van der Waals surface area contributed by atoms with Crippen LogP contribution in [0.15, 0.2) is 36.4 Å². The van der Waals surface area contributed by atoms with Crippen LogP contribution in [-0.2, 0) is 22.5 Å². The molecule has 0 saturated carbocycles. The minimum atomic E-state index is -0.587. The lowest BCUT2D eigenvalue weighted by molar-refractivity contribution is -0.148. The molecular formula is C20H16Cl2N2O4. The normalized spacial score (nSPS) is 18.8. The van der Waals surface area contributed by atoms with E-state index in [9.17, 15) is 14.4 Å². The Kier molecular flexibility index (Phi) is 4.87. The number of hydrogen-bond donors (Lipinski definition) is 0. The molecule has 0 spiro atoms. The van der Waals surface area contributed by atoms with Crippen LogP contribution in [0.25, 0.3) is 0 Å². The Hall–Kier alpha value is -2.41. The first-order valence-electron chi connectivity index (χ1n) is 8.64. The predicted octanol–water partition coefficient (Wildman–Crippen LogP) is 3.15. The fraction of sp³-hybridized carbons (Fsp3) is 0.250. The molecule has 2 aromatic carbocycles. The van der Waals surface area contributed by atoms with Gasteiger partial charge in [0.25, 0.3) is 11.8 Å². The highest BCUT2D eigenvalue weighted by Crippen LogP contribution is 2.32. The topological polar surface area (TPSA) is 66.9 Å². The van der Waals surface area contributed by atoms with Gasteiger partial charge in [0, 0.05) is 6.54 Å². The molecule has 0 aliphatic carbocycles. The number of nitrogens with zero attached hydrogens (tertiary/aromatic N) is 2. The van der Waals surface area contributed by atoms with E-state index in [0.717, 1.165) is 16.0 Å². The zero-order valence-corrected chi connectivity index (χ0v) is 16.5. The van der Waals surface area contributed by atoms with Crippen LogP contribution in [0.4, 0.5) is 0 Å². The molecule has 2 aromatic rings. The van der Waals surface area contributed by atoms with Crippen molar-refractivity contribution in [3.05, 3.63) is 68.7 Å². The molecule has 4 rings (SSSR count). The Morgan fingerprint density at radius 1 is 1.07 bits per heavy atom. The maximum atomic E-state index is 12.8. The largest absolute Gasteiger partial charge is 0.468 e. The third kappa shape index (κ3) is 3.07. The first-order valence-corrected chi connectivity index (χ1v) is 9.40. The lowest BCUT2D eigenvalue weighted by Crippen LogP contribution is -2.51. The van der Waals surface area contributed by atoms with Gasteiger partial charge < -0.3 is 4.74 Å². The SMILES string of the molecule is COC(=O)[C@H]1Cc2ccccc2CN1CN1C(=O)c2cc(Cl)c(Cl)cc2C1=O. The van der Waals surface area contributed by atoms with Gasteiger partial charge in [0.05, 0.1) is 35.0 Å². The summed E-state index contributed by atoms with van der Waals surface area (Å²) in [5, 5.41) is 0.422. The smallest absolute Gasteiger partial charge is 0.323 e. The van der Waals surface area contributed by atoms with E-state index >= 15 is 0 Å². The van der Waals surface area contributed by atoms with Gasteiger partial charge in [-0.25, -0.2) is 0 Å². The highest BCUT2D eigenvalue weighted by atomic mass is 35.5. The summed E-state index contributed by atoms with van der Waals surface area (Å²) in [4.78, 5) is 40.8. The van der Waals surface area contributed by atoms with E-state index < -0.39 is 23.8 Å². The molecule has 0 saturated heterocycles. The molecule has 6 nitrogen and oxygen atoms in total. The Labute approximate surface area is 171 Å². The van der Waals surface area contributed by atoms with E-state index in [0.29, 0.717) is 13.0 Å². The molecule has 0 bridgehead atoms. The highest BCUT2D eigenvalue weighted by molar-refractivity contribution is 6.43. The molecule has 2 aliphatic heterocycles. The molecule has 0 N–H and O–H groups in total. The van der Waals surface area contributed by atoms with Gasteiger partial charge in [-0.3, -0.25) is 24.2 Å². The van der Waals surface area contributed by atoms with Gasteiger partial charge in [-0.1, -0.05) is 47.5 Å². The monoisotopic (exact) mass is 418 g/mol. The van der Waals surface area contributed by atoms with Crippen molar-refractivity contribution in [3.8, 4) is 0 Å². The summed E-state index contributed by atoms with van der Waals surface area (Å²) in [6.45, 7) is 0.389. The molecule has 28 heavy (non-hydrogen) atoms. The van der Waals surface area contributed by atoms with Gasteiger partial charge >= 0.3 is 5.97 Å². The number of methoxy groups -OCH3 is 1. The van der Waals surface area contributed by atoms with Crippen molar-refractivity contribution < 1.29 is 19.1 Å². The maximum absolute atomic E-state index is 12.8. The van der Waals surface area contributed by atoms with Crippen LogP contribution in [0, 0.1) is 0 Å². The average molecular weight is 419 g/mol. The summed E-state index contributed by atoms with van der Waals surface area (Å²) in [5.74, 6) is -1.32. The molecule has 1 atom stereocenters. The summed E-state index contributed by atoms with van der Waals surface area (Å²) in [6.07, 6.45) is 0.448. The van der Waals surface area contributed by atoms with Crippen molar-refractivity contribution in [3.63, 3.8) is 0 Å². The van der Waals surface area contributed by atoms with Gasteiger partial charge in [-0.2, -0.15) is 0 Å². The molecular weight excluding hydrogens is 403 g/mol. The number of ether oxygens (including phenoxy) is 1. The predicted molar refractivity (Wildman–Crippen MR) is 103 cm³/mol. The van der Waals surface area contributed by atoms with Gasteiger partial charge in [-0.15, -0.1) is 0 Å². The number of amides is 2. The number of fused-ring (bicyclic) bond motifs is 2. The van der Waals surface area contributed by atoms with Crippen molar-refractivity contribution in [1.29, 1.82) is 0 Å². The third-order valence-electron chi connectivity index (χ3n) is 5.15. The first-order chi connectivity index (χ1) is 13.4. The van der Waals surface area contributed by atoms with E-state index in [1.54, 1.807) is 4.90 Å². The summed E-state index contributed by atoms with van der Waals surface area (Å²) in [6, 6.07) is 10.00. The second-order valence-corrected chi connectivity index (χ2v) is 7.56. The number of hydrogen-bond acceptors (Lipinski definition) is 5. The minimum Gasteiger partial charge on any atom is -0.468 e. The molecule has 0 radical (unpaired) electrons. The number of halogens is 2. The Morgan fingerprint density at radius 2 is 1.64 bits per heavy atom. The van der Waals surface area contributed by atoms with Crippen molar-refractivity contribution in [1.82, 2.24) is 9.80 Å². The van der Waals surface area contributed by atoms with Gasteiger partial charge in [0.15, 0.2) is 0 Å². The molecule has 2 amide bonds. The molecule has 2 heterocycles. The maximum Gasteiger partial charge on any atom is 0.323 e. The van der Waals surface area contributed by atoms with Crippen LogP contribution in [-0.4, -0.2) is 47.4 Å². The number of esters is 1. The van der Waals surface area contributed by atoms with E-state index in [1.165, 1.54) is 19.2 Å². The number of benzene rings is 2. The van der Waals surface area contributed by atoms with E-state index in [2.05, 4.69) is 0 Å². The second kappa shape index (κ2) is 7.20. The number of carbonyl (C=O) groups excluding carboxylic acids is 3. The van der Waals surface area contributed by atoms with Crippen LogP contribution in [0.2, 0.25) is 10.0 Å². The third-order valence-corrected chi connectivity index (χ3v) is 5.88. The second-order valence-electron chi connectivity index (χ2n) is 6.75. The number of imide groups is 1. The molecule has 0 fully saturated rings.